The molecule has 1 aromatic rings. The van der Waals surface area contributed by atoms with Crippen LogP contribution >= 0.6 is 12.4 Å². The number of piperidine rings is 1. The van der Waals surface area contributed by atoms with Gasteiger partial charge in [-0.15, -0.1) is 12.4 Å². The lowest BCUT2D eigenvalue weighted by Crippen LogP contribution is -2.37. The first-order chi connectivity index (χ1) is 11.3. The van der Waals surface area contributed by atoms with Gasteiger partial charge in [-0.1, -0.05) is 0 Å². The van der Waals surface area contributed by atoms with Crippen molar-refractivity contribution in [2.75, 3.05) is 32.8 Å². The van der Waals surface area contributed by atoms with E-state index < -0.39 is 0 Å². The highest BCUT2D eigenvalue weighted by Gasteiger charge is 2.56. The summed E-state index contributed by atoms with van der Waals surface area (Å²) in [6.07, 6.45) is 10.6. The SMILES string of the molecule is Cl.Cn1ccnc1CN(CCC1CCOC1)C1CC12CCNCC2. The summed E-state index contributed by atoms with van der Waals surface area (Å²) in [4.78, 5) is 7.29. The molecule has 1 N–H and O–H groups in total. The van der Waals surface area contributed by atoms with E-state index in [-0.39, 0.29) is 12.4 Å². The van der Waals surface area contributed by atoms with Gasteiger partial charge in [0.1, 0.15) is 5.82 Å². The lowest BCUT2D eigenvalue weighted by Gasteiger charge is -2.30. The molecule has 3 fully saturated rings. The summed E-state index contributed by atoms with van der Waals surface area (Å²) in [6.45, 7) is 6.52. The lowest BCUT2D eigenvalue weighted by molar-refractivity contribution is 0.162. The third-order valence-corrected chi connectivity index (χ3v) is 6.30. The molecular weight excluding hydrogens is 324 g/mol. The summed E-state index contributed by atoms with van der Waals surface area (Å²) in [5.74, 6) is 1.96. The van der Waals surface area contributed by atoms with E-state index in [1.54, 1.807) is 0 Å². The molecule has 2 atom stereocenters. The fraction of sp³-hybridized carbons (Fsp3) is 0.833. The lowest BCUT2D eigenvalue weighted by atomic mass is 9.93. The second-order valence-electron chi connectivity index (χ2n) is 7.78. The van der Waals surface area contributed by atoms with E-state index >= 15 is 0 Å². The largest absolute Gasteiger partial charge is 0.381 e. The molecule has 1 aliphatic carbocycles. The van der Waals surface area contributed by atoms with E-state index in [1.165, 1.54) is 57.6 Å². The molecule has 24 heavy (non-hydrogen) atoms. The molecule has 1 saturated carbocycles. The molecule has 6 heteroatoms. The highest BCUT2D eigenvalue weighted by molar-refractivity contribution is 5.85. The van der Waals surface area contributed by atoms with E-state index in [4.69, 9.17) is 4.74 Å². The standard InChI is InChI=1S/C18H30N4O.ClH/c1-21-10-8-20-17(21)13-22(9-2-15-3-11-23-14-15)16-12-18(16)4-6-19-7-5-18;/h8,10,15-16,19H,2-7,9,11-14H2,1H3;1H. The molecule has 4 rings (SSSR count). The molecule has 1 spiro atoms. The van der Waals surface area contributed by atoms with Crippen LogP contribution in [0.25, 0.3) is 0 Å². The zero-order valence-corrected chi connectivity index (χ0v) is 15.6. The quantitative estimate of drug-likeness (QED) is 0.850. The second-order valence-corrected chi connectivity index (χ2v) is 7.78. The van der Waals surface area contributed by atoms with Crippen molar-refractivity contribution >= 4 is 12.4 Å². The maximum Gasteiger partial charge on any atom is 0.122 e. The third-order valence-electron chi connectivity index (χ3n) is 6.30. The average Bonchev–Trinajstić information content (AvgIpc) is 2.95. The summed E-state index contributed by atoms with van der Waals surface area (Å²) in [7, 11) is 2.11. The normalized spacial score (nSPS) is 28.2. The van der Waals surface area contributed by atoms with Crippen molar-refractivity contribution in [1.29, 1.82) is 0 Å². The Hall–Kier alpha value is -0.620. The van der Waals surface area contributed by atoms with Crippen molar-refractivity contribution in [3.63, 3.8) is 0 Å². The zero-order chi connectivity index (χ0) is 15.7. The van der Waals surface area contributed by atoms with Gasteiger partial charge in [-0.05, 0) is 63.1 Å². The Morgan fingerprint density at radius 1 is 1.42 bits per heavy atom. The number of halogens is 1. The van der Waals surface area contributed by atoms with Crippen LogP contribution in [-0.2, 0) is 18.3 Å². The summed E-state index contributed by atoms with van der Waals surface area (Å²) in [5.41, 5.74) is 0.600. The predicted molar refractivity (Wildman–Crippen MR) is 97.4 cm³/mol. The van der Waals surface area contributed by atoms with Gasteiger partial charge in [-0.3, -0.25) is 4.90 Å². The predicted octanol–water partition coefficient (Wildman–Crippen LogP) is 2.21. The molecule has 3 heterocycles. The molecule has 0 amide bonds. The Kier molecular flexibility index (Phi) is 5.85. The number of aromatic nitrogens is 2. The molecular formula is C18H31ClN4O. The Morgan fingerprint density at radius 2 is 2.25 bits per heavy atom. The molecule has 2 unspecified atom stereocenters. The molecule has 136 valence electrons. The van der Waals surface area contributed by atoms with Crippen LogP contribution in [0.4, 0.5) is 0 Å². The zero-order valence-electron chi connectivity index (χ0n) is 14.7. The van der Waals surface area contributed by atoms with Crippen LogP contribution in [0.2, 0.25) is 0 Å². The molecule has 2 aliphatic heterocycles. The van der Waals surface area contributed by atoms with E-state index in [0.29, 0.717) is 5.41 Å². The minimum absolute atomic E-state index is 0. The van der Waals surface area contributed by atoms with Gasteiger partial charge < -0.3 is 14.6 Å². The second kappa shape index (κ2) is 7.73. The van der Waals surface area contributed by atoms with Crippen LogP contribution in [0.15, 0.2) is 12.4 Å². The maximum atomic E-state index is 5.56. The van der Waals surface area contributed by atoms with Crippen molar-refractivity contribution in [2.45, 2.75) is 44.7 Å². The summed E-state index contributed by atoms with van der Waals surface area (Å²) in [6, 6.07) is 0.767. The van der Waals surface area contributed by atoms with E-state index in [9.17, 15) is 0 Å². The van der Waals surface area contributed by atoms with Gasteiger partial charge in [-0.25, -0.2) is 4.98 Å². The minimum atomic E-state index is 0. The van der Waals surface area contributed by atoms with Crippen molar-refractivity contribution in [3.05, 3.63) is 18.2 Å². The van der Waals surface area contributed by atoms with Gasteiger partial charge in [0, 0.05) is 38.7 Å². The van der Waals surface area contributed by atoms with Crippen LogP contribution < -0.4 is 5.32 Å². The number of hydrogen-bond acceptors (Lipinski definition) is 4. The molecule has 5 nitrogen and oxygen atoms in total. The van der Waals surface area contributed by atoms with E-state index in [0.717, 1.165) is 31.7 Å². The minimum Gasteiger partial charge on any atom is -0.381 e. The monoisotopic (exact) mass is 354 g/mol. The number of hydrogen-bond donors (Lipinski definition) is 1. The summed E-state index contributed by atoms with van der Waals surface area (Å²) >= 11 is 0. The molecule has 3 aliphatic rings. The smallest absolute Gasteiger partial charge is 0.122 e. The average molecular weight is 355 g/mol. The highest BCUT2D eigenvalue weighted by Crippen LogP contribution is 2.56. The van der Waals surface area contributed by atoms with Gasteiger partial charge in [0.2, 0.25) is 0 Å². The van der Waals surface area contributed by atoms with Crippen molar-refractivity contribution in [3.8, 4) is 0 Å². The van der Waals surface area contributed by atoms with Crippen LogP contribution in [-0.4, -0.2) is 53.3 Å². The molecule has 1 aromatic heterocycles. The van der Waals surface area contributed by atoms with Crippen LogP contribution in [0.3, 0.4) is 0 Å². The number of imidazole rings is 1. The van der Waals surface area contributed by atoms with Crippen LogP contribution in [0.1, 0.15) is 37.9 Å². The summed E-state index contributed by atoms with van der Waals surface area (Å²) < 4.78 is 7.73. The molecule has 2 saturated heterocycles. The van der Waals surface area contributed by atoms with Crippen molar-refractivity contribution in [2.24, 2.45) is 18.4 Å². The first-order valence-corrected chi connectivity index (χ1v) is 9.26. The fourth-order valence-electron chi connectivity index (χ4n) is 4.54. The number of rotatable bonds is 6. The van der Waals surface area contributed by atoms with Gasteiger partial charge in [0.05, 0.1) is 6.54 Å². The Labute approximate surface area is 151 Å². The Bertz CT molecular complexity index is 523. The van der Waals surface area contributed by atoms with Gasteiger partial charge in [0.25, 0.3) is 0 Å². The first kappa shape index (κ1) is 18.2. The molecule has 0 aromatic carbocycles. The van der Waals surface area contributed by atoms with E-state index in [2.05, 4.69) is 33.0 Å². The third kappa shape index (κ3) is 3.79. The molecule has 0 bridgehead atoms. The highest BCUT2D eigenvalue weighted by atomic mass is 35.5. The van der Waals surface area contributed by atoms with E-state index in [1.807, 2.05) is 6.20 Å². The van der Waals surface area contributed by atoms with Gasteiger partial charge in [0.15, 0.2) is 0 Å². The Balaban J connectivity index is 0.00000169. The van der Waals surface area contributed by atoms with Crippen molar-refractivity contribution < 1.29 is 4.74 Å². The maximum absolute atomic E-state index is 5.56. The first-order valence-electron chi connectivity index (χ1n) is 9.26. The van der Waals surface area contributed by atoms with Gasteiger partial charge in [-0.2, -0.15) is 0 Å². The number of nitrogens with zero attached hydrogens (tertiary/aromatic N) is 3. The molecule has 0 radical (unpaired) electrons. The van der Waals surface area contributed by atoms with Crippen LogP contribution in [0.5, 0.6) is 0 Å². The van der Waals surface area contributed by atoms with Crippen molar-refractivity contribution in [1.82, 2.24) is 19.8 Å². The fourth-order valence-corrected chi connectivity index (χ4v) is 4.54. The number of aryl methyl sites for hydroxylation is 1. The van der Waals surface area contributed by atoms with Gasteiger partial charge >= 0.3 is 0 Å². The van der Waals surface area contributed by atoms with Crippen LogP contribution in [0, 0.1) is 11.3 Å². The topological polar surface area (TPSA) is 42.3 Å². The summed E-state index contributed by atoms with van der Waals surface area (Å²) in [5, 5.41) is 3.52. The number of ether oxygens (including phenoxy) is 1. The Morgan fingerprint density at radius 3 is 2.92 bits per heavy atom. The number of nitrogens with one attached hydrogen (secondary N) is 1.